The van der Waals surface area contributed by atoms with Crippen LogP contribution in [0.2, 0.25) is 5.02 Å². The van der Waals surface area contributed by atoms with E-state index in [0.29, 0.717) is 29.1 Å². The third kappa shape index (κ3) is 2.40. The molecule has 3 rings (SSSR count). The van der Waals surface area contributed by atoms with Crippen molar-refractivity contribution in [1.82, 2.24) is 0 Å². The van der Waals surface area contributed by atoms with E-state index in [1.807, 2.05) is 13.0 Å². The van der Waals surface area contributed by atoms with Crippen LogP contribution in [-0.4, -0.2) is 5.91 Å². The molecule has 1 aliphatic rings. The Kier molecular flexibility index (Phi) is 3.92. The second-order valence-electron chi connectivity index (χ2n) is 5.78. The van der Waals surface area contributed by atoms with E-state index >= 15 is 0 Å². The van der Waals surface area contributed by atoms with Gasteiger partial charge in [-0.3, -0.25) is 4.79 Å². The average Bonchev–Trinajstić information content (AvgIpc) is 2.45. The van der Waals surface area contributed by atoms with Crippen LogP contribution in [0.25, 0.3) is 0 Å². The molecule has 0 heterocycles. The first kappa shape index (κ1) is 15.0. The molecule has 0 atom stereocenters. The molecule has 2 aromatic carbocycles. The van der Waals surface area contributed by atoms with Crippen molar-refractivity contribution in [3.8, 4) is 0 Å². The van der Waals surface area contributed by atoms with Crippen LogP contribution in [0.5, 0.6) is 0 Å². The largest absolute Gasteiger partial charge is 0.325 e. The lowest BCUT2D eigenvalue weighted by Gasteiger charge is -2.41. The molecule has 1 fully saturated rings. The van der Waals surface area contributed by atoms with E-state index < -0.39 is 5.41 Å². The Morgan fingerprint density at radius 1 is 1.18 bits per heavy atom. The SMILES string of the molecule is Cc1c(Cl)cccc1NC(=O)C1(c2ccccc2F)CCC1. The summed E-state index contributed by atoms with van der Waals surface area (Å²) in [5.74, 6) is -0.477. The Labute approximate surface area is 134 Å². The summed E-state index contributed by atoms with van der Waals surface area (Å²) in [6.07, 6.45) is 2.26. The van der Waals surface area contributed by atoms with E-state index in [4.69, 9.17) is 11.6 Å². The summed E-state index contributed by atoms with van der Waals surface area (Å²) >= 11 is 6.09. The summed E-state index contributed by atoms with van der Waals surface area (Å²) in [7, 11) is 0. The molecule has 114 valence electrons. The second-order valence-corrected chi connectivity index (χ2v) is 6.19. The Bertz CT molecular complexity index is 725. The maximum absolute atomic E-state index is 14.1. The monoisotopic (exact) mass is 317 g/mol. The number of carbonyl (C=O) groups is 1. The fourth-order valence-corrected chi connectivity index (χ4v) is 3.16. The van der Waals surface area contributed by atoms with Crippen LogP contribution in [-0.2, 0) is 10.2 Å². The van der Waals surface area contributed by atoms with E-state index in [1.54, 1.807) is 30.3 Å². The standard InChI is InChI=1S/C18H17ClFNO/c1-12-14(19)7-4-9-16(12)21-17(22)18(10-5-11-18)13-6-2-3-8-15(13)20/h2-4,6-9H,5,10-11H2,1H3,(H,21,22). The molecule has 1 aliphatic carbocycles. The van der Waals surface area contributed by atoms with Crippen molar-refractivity contribution in [2.24, 2.45) is 0 Å². The number of amides is 1. The molecule has 0 saturated heterocycles. The number of benzene rings is 2. The quantitative estimate of drug-likeness (QED) is 0.861. The van der Waals surface area contributed by atoms with Crippen LogP contribution < -0.4 is 5.32 Å². The van der Waals surface area contributed by atoms with Gasteiger partial charge in [-0.25, -0.2) is 4.39 Å². The lowest BCUT2D eigenvalue weighted by Crippen LogP contribution is -2.46. The molecular weight excluding hydrogens is 301 g/mol. The van der Waals surface area contributed by atoms with E-state index in [2.05, 4.69) is 5.32 Å². The van der Waals surface area contributed by atoms with Gasteiger partial charge in [-0.1, -0.05) is 42.3 Å². The van der Waals surface area contributed by atoms with Crippen LogP contribution in [0.15, 0.2) is 42.5 Å². The van der Waals surface area contributed by atoms with Gasteiger partial charge in [0.15, 0.2) is 0 Å². The Morgan fingerprint density at radius 3 is 2.55 bits per heavy atom. The maximum atomic E-state index is 14.1. The minimum Gasteiger partial charge on any atom is -0.325 e. The van der Waals surface area contributed by atoms with Gasteiger partial charge in [0, 0.05) is 16.3 Å². The molecule has 2 aromatic rings. The molecule has 0 spiro atoms. The van der Waals surface area contributed by atoms with Crippen molar-refractivity contribution in [1.29, 1.82) is 0 Å². The number of rotatable bonds is 3. The molecule has 1 N–H and O–H groups in total. The highest BCUT2D eigenvalue weighted by atomic mass is 35.5. The number of hydrogen-bond donors (Lipinski definition) is 1. The normalized spacial score (nSPS) is 16.0. The fraction of sp³-hybridized carbons (Fsp3) is 0.278. The zero-order chi connectivity index (χ0) is 15.7. The van der Waals surface area contributed by atoms with Crippen molar-refractivity contribution in [2.75, 3.05) is 5.32 Å². The molecule has 2 nitrogen and oxygen atoms in total. The Morgan fingerprint density at radius 2 is 1.91 bits per heavy atom. The Balaban J connectivity index is 1.93. The average molecular weight is 318 g/mol. The van der Waals surface area contributed by atoms with Crippen molar-refractivity contribution >= 4 is 23.2 Å². The smallest absolute Gasteiger partial charge is 0.235 e. The predicted molar refractivity (Wildman–Crippen MR) is 86.7 cm³/mol. The molecule has 4 heteroatoms. The van der Waals surface area contributed by atoms with Gasteiger partial charge in [0.2, 0.25) is 5.91 Å². The summed E-state index contributed by atoms with van der Waals surface area (Å²) in [6.45, 7) is 1.86. The summed E-state index contributed by atoms with van der Waals surface area (Å²) in [4.78, 5) is 12.8. The Hall–Kier alpha value is -1.87. The minimum absolute atomic E-state index is 0.158. The molecule has 0 aromatic heterocycles. The van der Waals surface area contributed by atoms with Crippen LogP contribution in [0.3, 0.4) is 0 Å². The molecule has 1 saturated carbocycles. The molecular formula is C18H17ClFNO. The number of halogens is 2. The number of hydrogen-bond acceptors (Lipinski definition) is 1. The van der Waals surface area contributed by atoms with Crippen LogP contribution in [0.1, 0.15) is 30.4 Å². The van der Waals surface area contributed by atoms with E-state index in [9.17, 15) is 9.18 Å². The van der Waals surface area contributed by atoms with E-state index in [-0.39, 0.29) is 11.7 Å². The predicted octanol–water partition coefficient (Wildman–Crippen LogP) is 4.85. The van der Waals surface area contributed by atoms with E-state index in [1.165, 1.54) is 6.07 Å². The van der Waals surface area contributed by atoms with Gasteiger partial charge in [-0.15, -0.1) is 0 Å². The third-order valence-corrected chi connectivity index (χ3v) is 4.96. The van der Waals surface area contributed by atoms with Gasteiger partial charge in [0.25, 0.3) is 0 Å². The van der Waals surface area contributed by atoms with Gasteiger partial charge in [0.05, 0.1) is 5.41 Å². The molecule has 0 unspecified atom stereocenters. The lowest BCUT2D eigenvalue weighted by molar-refractivity contribution is -0.124. The lowest BCUT2D eigenvalue weighted by atomic mass is 9.63. The molecule has 0 bridgehead atoms. The zero-order valence-electron chi connectivity index (χ0n) is 12.3. The molecule has 1 amide bonds. The van der Waals surface area contributed by atoms with Crippen molar-refractivity contribution in [3.63, 3.8) is 0 Å². The fourth-order valence-electron chi connectivity index (χ4n) is 2.98. The van der Waals surface area contributed by atoms with Gasteiger partial charge in [0.1, 0.15) is 5.82 Å². The van der Waals surface area contributed by atoms with Gasteiger partial charge >= 0.3 is 0 Å². The summed E-state index contributed by atoms with van der Waals surface area (Å²) in [5, 5.41) is 3.53. The van der Waals surface area contributed by atoms with Crippen LogP contribution in [0, 0.1) is 12.7 Å². The van der Waals surface area contributed by atoms with Crippen molar-refractivity contribution < 1.29 is 9.18 Å². The second kappa shape index (κ2) is 5.73. The highest BCUT2D eigenvalue weighted by Crippen LogP contribution is 2.45. The number of carbonyl (C=O) groups excluding carboxylic acids is 1. The summed E-state index contributed by atoms with van der Waals surface area (Å²) in [5.41, 5.74) is 1.22. The molecule has 0 radical (unpaired) electrons. The first-order valence-corrected chi connectivity index (χ1v) is 7.74. The van der Waals surface area contributed by atoms with Crippen molar-refractivity contribution in [2.45, 2.75) is 31.6 Å². The first-order chi connectivity index (χ1) is 10.5. The summed E-state index contributed by atoms with van der Waals surface area (Å²) < 4.78 is 14.1. The number of anilines is 1. The highest BCUT2D eigenvalue weighted by Gasteiger charge is 2.47. The van der Waals surface area contributed by atoms with Gasteiger partial charge < -0.3 is 5.32 Å². The summed E-state index contributed by atoms with van der Waals surface area (Å²) in [6, 6.07) is 11.9. The maximum Gasteiger partial charge on any atom is 0.235 e. The topological polar surface area (TPSA) is 29.1 Å². The molecule has 0 aliphatic heterocycles. The van der Waals surface area contributed by atoms with Crippen molar-refractivity contribution in [3.05, 3.63) is 64.4 Å². The number of nitrogens with one attached hydrogen (secondary N) is 1. The van der Waals surface area contributed by atoms with Crippen LogP contribution >= 0.6 is 11.6 Å². The first-order valence-electron chi connectivity index (χ1n) is 7.36. The molecule has 22 heavy (non-hydrogen) atoms. The third-order valence-electron chi connectivity index (χ3n) is 4.55. The highest BCUT2D eigenvalue weighted by molar-refractivity contribution is 6.31. The van der Waals surface area contributed by atoms with Gasteiger partial charge in [-0.05, 0) is 43.5 Å². The minimum atomic E-state index is -0.764. The van der Waals surface area contributed by atoms with E-state index in [0.717, 1.165) is 12.0 Å². The zero-order valence-corrected chi connectivity index (χ0v) is 13.1. The van der Waals surface area contributed by atoms with Crippen LogP contribution in [0.4, 0.5) is 10.1 Å². The van der Waals surface area contributed by atoms with Gasteiger partial charge in [-0.2, -0.15) is 0 Å².